The average molecular weight is 466 g/mol. The smallest absolute Gasteiger partial charge is 0.261 e. The lowest BCUT2D eigenvalue weighted by atomic mass is 9.88. The van der Waals surface area contributed by atoms with E-state index >= 15 is 0 Å². The predicted octanol–water partition coefficient (Wildman–Crippen LogP) is 1.72. The third kappa shape index (κ3) is 8.15. The van der Waals surface area contributed by atoms with Gasteiger partial charge in [-0.2, -0.15) is 4.72 Å². The number of hydroxylamine groups is 1. The molecule has 4 N–H and O–H groups in total. The maximum Gasteiger partial charge on any atom is 0.261 e. The molecule has 0 spiro atoms. The molecule has 1 saturated carbocycles. The number of ether oxygens (including phenoxy) is 1. The maximum atomic E-state index is 12.7. The van der Waals surface area contributed by atoms with Gasteiger partial charge in [0.1, 0.15) is 18.4 Å². The van der Waals surface area contributed by atoms with Gasteiger partial charge in [-0.25, -0.2) is 13.9 Å². The third-order valence-electron chi connectivity index (χ3n) is 5.29. The van der Waals surface area contributed by atoms with Crippen molar-refractivity contribution in [2.45, 2.75) is 62.8 Å². The van der Waals surface area contributed by atoms with Crippen molar-refractivity contribution < 1.29 is 28.0 Å². The van der Waals surface area contributed by atoms with Crippen LogP contribution in [0.1, 0.15) is 51.9 Å². The van der Waals surface area contributed by atoms with Gasteiger partial charge in [-0.3, -0.25) is 14.8 Å². The maximum absolute atomic E-state index is 12.7. The second-order valence-corrected chi connectivity index (χ2v) is 9.32. The van der Waals surface area contributed by atoms with Crippen LogP contribution in [-0.2, 0) is 19.6 Å². The van der Waals surface area contributed by atoms with Crippen LogP contribution < -0.4 is 20.3 Å². The molecule has 0 aliphatic heterocycles. The molecule has 1 aliphatic rings. The molecule has 2 rings (SSSR count). The van der Waals surface area contributed by atoms with Crippen LogP contribution in [0.5, 0.6) is 5.75 Å². The minimum atomic E-state index is -4.02. The summed E-state index contributed by atoms with van der Waals surface area (Å²) >= 11 is 0. The van der Waals surface area contributed by atoms with E-state index in [1.165, 1.54) is 29.7 Å². The van der Waals surface area contributed by atoms with Crippen LogP contribution in [0, 0.1) is 17.8 Å². The summed E-state index contributed by atoms with van der Waals surface area (Å²) in [7, 11) is -4.02. The molecule has 1 aliphatic carbocycles. The molecule has 176 valence electrons. The fourth-order valence-corrected chi connectivity index (χ4v) is 4.74. The lowest BCUT2D eigenvalue weighted by molar-refractivity contribution is -0.131. The van der Waals surface area contributed by atoms with E-state index in [-0.39, 0.29) is 29.7 Å². The van der Waals surface area contributed by atoms with E-state index in [1.54, 1.807) is 6.92 Å². The molecule has 10 heteroatoms. The molecule has 0 bridgehead atoms. The topological polar surface area (TPSA) is 134 Å². The van der Waals surface area contributed by atoms with Crippen molar-refractivity contribution in [2.24, 2.45) is 5.92 Å². The van der Waals surface area contributed by atoms with E-state index in [4.69, 9.17) is 9.94 Å². The standard InChI is InChI=1S/C22H31N3O6S/c1-2-3-16-31-18-11-13-19(14-12-18)32(29,30)25-20(22(27)24-28)10-7-15-23-21(26)17-8-5-4-6-9-17/h11-14,17,20,25,28H,4-10,15-16H2,1H3,(H,23,26)(H,24,27)/t20-/m1/s1. The Morgan fingerprint density at radius 1 is 1.19 bits per heavy atom. The predicted molar refractivity (Wildman–Crippen MR) is 118 cm³/mol. The Kier molecular flexibility index (Phi) is 10.5. The zero-order chi connectivity index (χ0) is 23.4. The molecular formula is C22H31N3O6S. The highest BCUT2D eigenvalue weighted by Gasteiger charge is 2.26. The summed E-state index contributed by atoms with van der Waals surface area (Å²) in [6, 6.07) is 4.51. The molecular weight excluding hydrogens is 434 g/mol. The third-order valence-corrected chi connectivity index (χ3v) is 6.78. The van der Waals surface area contributed by atoms with Crippen LogP contribution in [0.2, 0.25) is 0 Å². The molecule has 9 nitrogen and oxygen atoms in total. The van der Waals surface area contributed by atoms with Crippen molar-refractivity contribution in [3.63, 3.8) is 0 Å². The fraction of sp³-hybridized carbons (Fsp3) is 0.545. The fourth-order valence-electron chi connectivity index (χ4n) is 3.51. The molecule has 1 aromatic carbocycles. The van der Waals surface area contributed by atoms with E-state index in [0.717, 1.165) is 32.1 Å². The van der Waals surface area contributed by atoms with Gasteiger partial charge in [0, 0.05) is 12.5 Å². The largest absolute Gasteiger partial charge is 0.481 e. The number of rotatable bonds is 11. The quantitative estimate of drug-likeness (QED) is 0.170. The summed E-state index contributed by atoms with van der Waals surface area (Å²) in [4.78, 5) is 24.1. The molecule has 1 aromatic rings. The number of nitrogens with one attached hydrogen (secondary N) is 3. The molecule has 1 fully saturated rings. The van der Waals surface area contributed by atoms with Crippen molar-refractivity contribution >= 4 is 21.8 Å². The van der Waals surface area contributed by atoms with Crippen LogP contribution in [0.4, 0.5) is 0 Å². The van der Waals surface area contributed by atoms with Gasteiger partial charge in [0.05, 0.1) is 4.90 Å². The number of sulfonamides is 1. The van der Waals surface area contributed by atoms with Crippen molar-refractivity contribution in [1.82, 2.24) is 15.5 Å². The second kappa shape index (κ2) is 13.1. The number of amides is 2. The van der Waals surface area contributed by atoms with E-state index in [0.29, 0.717) is 18.7 Å². The number of carbonyl (C=O) groups excluding carboxylic acids is 2. The van der Waals surface area contributed by atoms with Gasteiger partial charge in [0.2, 0.25) is 15.9 Å². The molecule has 0 radical (unpaired) electrons. The average Bonchev–Trinajstić information content (AvgIpc) is 2.81. The highest BCUT2D eigenvalue weighted by molar-refractivity contribution is 7.89. The first kappa shape index (κ1) is 25.6. The van der Waals surface area contributed by atoms with Gasteiger partial charge < -0.3 is 10.1 Å². The lowest BCUT2D eigenvalue weighted by Gasteiger charge is -2.21. The van der Waals surface area contributed by atoms with Crippen LogP contribution in [0.15, 0.2) is 29.2 Å². The van der Waals surface area contributed by atoms with Gasteiger partial charge >= 0.3 is 0 Å². The van der Waals surface area contributed by atoms with Crippen molar-refractivity contribution in [2.75, 3.05) is 13.2 Å². The van der Waals surface area contributed by atoms with Gasteiger partial charge in [-0.15, -0.1) is 5.92 Å². The van der Waals surface area contributed by atoms with Crippen LogP contribution >= 0.6 is 0 Å². The Bertz CT molecular complexity index is 915. The van der Waals surface area contributed by atoms with Crippen LogP contribution in [0.25, 0.3) is 0 Å². The second-order valence-electron chi connectivity index (χ2n) is 7.60. The summed E-state index contributed by atoms with van der Waals surface area (Å²) in [5, 5.41) is 11.8. The van der Waals surface area contributed by atoms with Crippen molar-refractivity contribution in [3.8, 4) is 17.6 Å². The summed E-state index contributed by atoms with van der Waals surface area (Å²) in [6.07, 6.45) is 5.51. The number of carbonyl (C=O) groups is 2. The summed E-state index contributed by atoms with van der Waals surface area (Å²) in [6.45, 7) is 2.20. The summed E-state index contributed by atoms with van der Waals surface area (Å²) in [5.41, 5.74) is 1.49. The normalized spacial score (nSPS) is 15.2. The first-order valence-electron chi connectivity index (χ1n) is 10.7. The highest BCUT2D eigenvalue weighted by Crippen LogP contribution is 2.23. The number of hydrogen-bond acceptors (Lipinski definition) is 6. The Morgan fingerprint density at radius 3 is 2.50 bits per heavy atom. The molecule has 1 atom stereocenters. The summed E-state index contributed by atoms with van der Waals surface area (Å²) < 4.78 is 33.0. The van der Waals surface area contributed by atoms with E-state index in [1.807, 2.05) is 0 Å². The first-order valence-corrected chi connectivity index (χ1v) is 12.2. The van der Waals surface area contributed by atoms with Crippen LogP contribution in [-0.4, -0.2) is 44.6 Å². The molecule has 0 heterocycles. The van der Waals surface area contributed by atoms with E-state index in [2.05, 4.69) is 21.9 Å². The lowest BCUT2D eigenvalue weighted by Crippen LogP contribution is -2.46. The zero-order valence-electron chi connectivity index (χ0n) is 18.2. The van der Waals surface area contributed by atoms with Gasteiger partial charge in [0.15, 0.2) is 0 Å². The summed E-state index contributed by atoms with van der Waals surface area (Å²) in [5.74, 6) is 5.05. The Hall–Kier alpha value is -2.61. The van der Waals surface area contributed by atoms with Gasteiger partial charge in [0.25, 0.3) is 5.91 Å². The van der Waals surface area contributed by atoms with E-state index < -0.39 is 22.0 Å². The van der Waals surface area contributed by atoms with Crippen LogP contribution in [0.3, 0.4) is 0 Å². The molecule has 0 unspecified atom stereocenters. The zero-order valence-corrected chi connectivity index (χ0v) is 19.0. The van der Waals surface area contributed by atoms with Crippen molar-refractivity contribution in [1.29, 1.82) is 0 Å². The minimum Gasteiger partial charge on any atom is -0.481 e. The number of hydrogen-bond donors (Lipinski definition) is 4. The molecule has 0 aromatic heterocycles. The van der Waals surface area contributed by atoms with E-state index in [9.17, 15) is 18.0 Å². The Morgan fingerprint density at radius 2 is 1.88 bits per heavy atom. The highest BCUT2D eigenvalue weighted by atomic mass is 32.2. The van der Waals surface area contributed by atoms with Crippen molar-refractivity contribution in [3.05, 3.63) is 24.3 Å². The molecule has 0 saturated heterocycles. The Balaban J connectivity index is 1.90. The van der Waals surface area contributed by atoms with Gasteiger partial charge in [-0.1, -0.05) is 25.2 Å². The molecule has 32 heavy (non-hydrogen) atoms. The molecule has 2 amide bonds. The number of benzene rings is 1. The first-order chi connectivity index (χ1) is 15.4. The van der Waals surface area contributed by atoms with Gasteiger partial charge in [-0.05, 0) is 56.9 Å². The monoisotopic (exact) mass is 465 g/mol. The Labute approximate surface area is 189 Å². The minimum absolute atomic E-state index is 0.000618. The SMILES string of the molecule is CC#CCOc1ccc(S(=O)(=O)N[C@H](CCCNC(=O)C2CCCCC2)C(=O)NO)cc1.